The smallest absolute Gasteiger partial charge is 0.0974 e. The van der Waals surface area contributed by atoms with E-state index in [1.807, 2.05) is 26.0 Å². The molecule has 13 heavy (non-hydrogen) atoms. The summed E-state index contributed by atoms with van der Waals surface area (Å²) in [6, 6.07) is 7.25. The third kappa shape index (κ3) is 3.21. The molecule has 0 aromatic heterocycles. The third-order valence-electron chi connectivity index (χ3n) is 1.68. The minimum absolute atomic E-state index is 0.552. The molecule has 1 N–H and O–H groups in total. The summed E-state index contributed by atoms with van der Waals surface area (Å²) in [4.78, 5) is 0. The minimum atomic E-state index is -0.552. The van der Waals surface area contributed by atoms with E-state index < -0.39 is 6.10 Å². The van der Waals surface area contributed by atoms with E-state index in [1.54, 1.807) is 18.2 Å². The predicted molar refractivity (Wildman–Crippen MR) is 55.8 cm³/mol. The lowest BCUT2D eigenvalue weighted by Gasteiger charge is -2.06. The monoisotopic (exact) mass is 196 g/mol. The Kier molecular flexibility index (Phi) is 3.52. The van der Waals surface area contributed by atoms with E-state index in [-0.39, 0.29) is 0 Å². The van der Waals surface area contributed by atoms with Gasteiger partial charge in [0.05, 0.1) is 6.10 Å². The lowest BCUT2D eigenvalue weighted by atomic mass is 10.1. The van der Waals surface area contributed by atoms with Gasteiger partial charge in [-0.1, -0.05) is 35.4 Å². The van der Waals surface area contributed by atoms with Crippen molar-refractivity contribution >= 4 is 11.6 Å². The fraction of sp³-hybridized carbons (Fsp3) is 0.273. The summed E-state index contributed by atoms with van der Waals surface area (Å²) >= 11 is 5.79. The number of hydrogen-bond acceptors (Lipinski definition) is 1. The maximum Gasteiger partial charge on any atom is 0.0974 e. The van der Waals surface area contributed by atoms with E-state index >= 15 is 0 Å². The molecule has 0 aliphatic rings. The number of halogens is 1. The van der Waals surface area contributed by atoms with Gasteiger partial charge in [0.25, 0.3) is 0 Å². The summed E-state index contributed by atoms with van der Waals surface area (Å²) in [7, 11) is 0. The molecule has 1 atom stereocenters. The summed E-state index contributed by atoms with van der Waals surface area (Å²) in [5.41, 5.74) is 1.92. The van der Waals surface area contributed by atoms with Crippen molar-refractivity contribution < 1.29 is 5.11 Å². The molecule has 2 heteroatoms. The number of allylic oxidation sites excluding steroid dienone is 1. The predicted octanol–water partition coefficient (Wildman–Crippen LogP) is 3.34. The molecule has 0 radical (unpaired) electrons. The maximum atomic E-state index is 9.68. The fourth-order valence-electron chi connectivity index (χ4n) is 1.10. The molecular formula is C11H13ClO. The Bertz CT molecular complexity index is 314. The highest BCUT2D eigenvalue weighted by molar-refractivity contribution is 6.30. The van der Waals surface area contributed by atoms with Crippen LogP contribution in [0.4, 0.5) is 0 Å². The second-order valence-corrected chi connectivity index (χ2v) is 3.68. The SMILES string of the molecule is CC(C)=CC(O)c1cccc(Cl)c1. The van der Waals surface area contributed by atoms with Crippen molar-refractivity contribution in [2.45, 2.75) is 20.0 Å². The van der Waals surface area contributed by atoms with Crippen LogP contribution in [0.1, 0.15) is 25.5 Å². The topological polar surface area (TPSA) is 20.2 Å². The van der Waals surface area contributed by atoms with Gasteiger partial charge in [0.2, 0.25) is 0 Å². The van der Waals surface area contributed by atoms with Gasteiger partial charge < -0.3 is 5.11 Å². The summed E-state index contributed by atoms with van der Waals surface area (Å²) in [6.07, 6.45) is 1.25. The Balaban J connectivity index is 2.89. The first-order chi connectivity index (χ1) is 6.09. The summed E-state index contributed by atoms with van der Waals surface area (Å²) in [5.74, 6) is 0. The van der Waals surface area contributed by atoms with Crippen LogP contribution in [0.5, 0.6) is 0 Å². The average molecular weight is 197 g/mol. The molecule has 0 saturated carbocycles. The Morgan fingerprint density at radius 3 is 2.69 bits per heavy atom. The highest BCUT2D eigenvalue weighted by Gasteiger charge is 2.03. The van der Waals surface area contributed by atoms with Crippen LogP contribution in [-0.4, -0.2) is 5.11 Å². The second kappa shape index (κ2) is 4.45. The molecule has 0 saturated heterocycles. The van der Waals surface area contributed by atoms with E-state index in [4.69, 9.17) is 11.6 Å². The number of rotatable bonds is 2. The van der Waals surface area contributed by atoms with Crippen LogP contribution >= 0.6 is 11.6 Å². The lowest BCUT2D eigenvalue weighted by molar-refractivity contribution is 0.227. The molecule has 0 heterocycles. The Labute approximate surface area is 83.7 Å². The molecule has 0 bridgehead atoms. The number of aliphatic hydroxyl groups is 1. The zero-order valence-electron chi connectivity index (χ0n) is 7.79. The van der Waals surface area contributed by atoms with Gasteiger partial charge in [-0.25, -0.2) is 0 Å². The zero-order chi connectivity index (χ0) is 9.84. The van der Waals surface area contributed by atoms with Gasteiger partial charge >= 0.3 is 0 Å². The normalized spacial score (nSPS) is 12.3. The van der Waals surface area contributed by atoms with Crippen LogP contribution in [0.25, 0.3) is 0 Å². The van der Waals surface area contributed by atoms with E-state index in [1.165, 1.54) is 0 Å². The molecule has 0 fully saturated rings. The molecule has 0 aliphatic carbocycles. The number of hydrogen-bond donors (Lipinski definition) is 1. The Hall–Kier alpha value is -0.790. The Morgan fingerprint density at radius 2 is 2.15 bits per heavy atom. The molecule has 70 valence electrons. The van der Waals surface area contributed by atoms with E-state index in [0.29, 0.717) is 5.02 Å². The first-order valence-corrected chi connectivity index (χ1v) is 4.56. The quantitative estimate of drug-likeness (QED) is 0.720. The lowest BCUT2D eigenvalue weighted by Crippen LogP contribution is -1.93. The van der Waals surface area contributed by atoms with Gasteiger partial charge in [0.1, 0.15) is 0 Å². The van der Waals surface area contributed by atoms with Crippen LogP contribution in [0.3, 0.4) is 0 Å². The minimum Gasteiger partial charge on any atom is -0.384 e. The maximum absolute atomic E-state index is 9.68. The highest BCUT2D eigenvalue weighted by Crippen LogP contribution is 2.19. The van der Waals surface area contributed by atoms with Crippen LogP contribution in [0, 0.1) is 0 Å². The molecule has 0 spiro atoms. The van der Waals surface area contributed by atoms with Crippen LogP contribution in [0.2, 0.25) is 5.02 Å². The van der Waals surface area contributed by atoms with Gasteiger partial charge in [-0.15, -0.1) is 0 Å². The zero-order valence-corrected chi connectivity index (χ0v) is 8.55. The summed E-state index contributed by atoms with van der Waals surface area (Å²) < 4.78 is 0. The average Bonchev–Trinajstić information content (AvgIpc) is 2.03. The molecule has 0 amide bonds. The van der Waals surface area contributed by atoms with E-state index in [2.05, 4.69) is 0 Å². The first kappa shape index (κ1) is 10.3. The van der Waals surface area contributed by atoms with Crippen molar-refractivity contribution in [2.75, 3.05) is 0 Å². The molecule has 1 unspecified atom stereocenters. The molecule has 0 aliphatic heterocycles. The third-order valence-corrected chi connectivity index (χ3v) is 1.92. The van der Waals surface area contributed by atoms with Gasteiger partial charge in [-0.05, 0) is 31.5 Å². The molecular weight excluding hydrogens is 184 g/mol. The van der Waals surface area contributed by atoms with Crippen molar-refractivity contribution in [3.63, 3.8) is 0 Å². The van der Waals surface area contributed by atoms with Crippen molar-refractivity contribution in [1.82, 2.24) is 0 Å². The largest absolute Gasteiger partial charge is 0.384 e. The van der Waals surface area contributed by atoms with Gasteiger partial charge in [-0.3, -0.25) is 0 Å². The van der Waals surface area contributed by atoms with Crippen molar-refractivity contribution in [3.05, 3.63) is 46.5 Å². The van der Waals surface area contributed by atoms with Crippen molar-refractivity contribution in [1.29, 1.82) is 0 Å². The van der Waals surface area contributed by atoms with E-state index in [0.717, 1.165) is 11.1 Å². The first-order valence-electron chi connectivity index (χ1n) is 4.18. The van der Waals surface area contributed by atoms with Gasteiger partial charge in [0.15, 0.2) is 0 Å². The van der Waals surface area contributed by atoms with Crippen molar-refractivity contribution in [2.24, 2.45) is 0 Å². The summed E-state index contributed by atoms with van der Waals surface area (Å²) in [6.45, 7) is 3.90. The second-order valence-electron chi connectivity index (χ2n) is 3.24. The molecule has 1 aromatic carbocycles. The Morgan fingerprint density at radius 1 is 1.46 bits per heavy atom. The van der Waals surface area contributed by atoms with E-state index in [9.17, 15) is 5.11 Å². The molecule has 1 aromatic rings. The van der Waals surface area contributed by atoms with Crippen LogP contribution in [0.15, 0.2) is 35.9 Å². The standard InChI is InChI=1S/C11H13ClO/c1-8(2)6-11(13)9-4-3-5-10(12)7-9/h3-7,11,13H,1-2H3. The number of benzene rings is 1. The van der Waals surface area contributed by atoms with Crippen LogP contribution < -0.4 is 0 Å². The molecule has 1 rings (SSSR count). The fourth-order valence-corrected chi connectivity index (χ4v) is 1.30. The van der Waals surface area contributed by atoms with Gasteiger partial charge in [-0.2, -0.15) is 0 Å². The van der Waals surface area contributed by atoms with Crippen LogP contribution in [-0.2, 0) is 0 Å². The molecule has 1 nitrogen and oxygen atoms in total. The van der Waals surface area contributed by atoms with Crippen molar-refractivity contribution in [3.8, 4) is 0 Å². The number of aliphatic hydroxyl groups excluding tert-OH is 1. The van der Waals surface area contributed by atoms with Gasteiger partial charge in [0, 0.05) is 5.02 Å². The summed E-state index contributed by atoms with van der Waals surface area (Å²) in [5, 5.41) is 10.3. The highest BCUT2D eigenvalue weighted by atomic mass is 35.5.